The Bertz CT molecular complexity index is 196. The van der Waals surface area contributed by atoms with E-state index in [1.54, 1.807) is 0 Å². The van der Waals surface area contributed by atoms with Gasteiger partial charge in [-0.05, 0) is 0 Å². The van der Waals surface area contributed by atoms with Crippen molar-refractivity contribution in [3.8, 4) is 0 Å². The fourth-order valence-corrected chi connectivity index (χ4v) is 11.2. The Morgan fingerprint density at radius 3 is 1.37 bits per heavy atom. The van der Waals surface area contributed by atoms with E-state index in [0.29, 0.717) is 0 Å². The van der Waals surface area contributed by atoms with E-state index in [2.05, 4.69) is 27.7 Å². The van der Waals surface area contributed by atoms with Gasteiger partial charge in [-0.3, -0.25) is 0 Å². The quantitative estimate of drug-likeness (QED) is 0.247. The number of hydrogen-bond acceptors (Lipinski definition) is 0. The van der Waals surface area contributed by atoms with Gasteiger partial charge < -0.3 is 0 Å². The molecule has 2 heteroatoms. The molecule has 0 heterocycles. The van der Waals surface area contributed by atoms with E-state index in [1.165, 1.54) is 82.4 Å². The molecule has 0 amide bonds. The first-order chi connectivity index (χ1) is 9.04. The molecule has 0 bridgehead atoms. The normalized spacial score (nSPS) is 14.3. The molecule has 0 N–H and O–H groups in total. The topological polar surface area (TPSA) is 0 Å². The average molecular weight is 309 g/mol. The average Bonchev–Trinajstić information content (AvgIpc) is 2.35. The monoisotopic (exact) mass is 308 g/mol. The van der Waals surface area contributed by atoms with Crippen molar-refractivity contribution in [2.45, 2.75) is 85.5 Å². The van der Waals surface area contributed by atoms with Crippen LogP contribution in [-0.2, 0) is 0 Å². The van der Waals surface area contributed by atoms with Gasteiger partial charge in [0, 0.05) is 0 Å². The van der Waals surface area contributed by atoms with E-state index in [1.807, 2.05) is 0 Å². The number of halogens is 1. The van der Waals surface area contributed by atoms with Crippen molar-refractivity contribution in [2.24, 2.45) is 0 Å². The fraction of sp³-hybridized carbons (Fsp3) is 1.00. The Morgan fingerprint density at radius 2 is 0.947 bits per heavy atom. The molecular formula is C17H38ClP. The molecule has 0 aromatic heterocycles. The fourth-order valence-electron chi connectivity index (χ4n) is 3.63. The Morgan fingerprint density at radius 1 is 0.526 bits per heavy atom. The van der Waals surface area contributed by atoms with E-state index >= 15 is 0 Å². The van der Waals surface area contributed by atoms with Gasteiger partial charge in [0.25, 0.3) is 0 Å². The van der Waals surface area contributed by atoms with Crippen LogP contribution in [0.25, 0.3) is 0 Å². The first-order valence-electron chi connectivity index (χ1n) is 8.76. The van der Waals surface area contributed by atoms with Crippen LogP contribution in [0.5, 0.6) is 0 Å². The van der Waals surface area contributed by atoms with E-state index < -0.39 is 5.96 Å². The summed E-state index contributed by atoms with van der Waals surface area (Å²) in [5, 5.41) is 0. The molecule has 0 spiro atoms. The molecule has 0 saturated carbocycles. The summed E-state index contributed by atoms with van der Waals surface area (Å²) in [5.41, 5.74) is 0. The predicted octanol–water partition coefficient (Wildman–Crippen LogP) is 7.28. The second-order valence-corrected chi connectivity index (χ2v) is 14.8. The van der Waals surface area contributed by atoms with Crippen LogP contribution in [0.15, 0.2) is 0 Å². The Kier molecular flexibility index (Phi) is 10.8. The molecule has 0 fully saturated rings. The zero-order chi connectivity index (χ0) is 14.6. The van der Waals surface area contributed by atoms with Crippen molar-refractivity contribution in [2.75, 3.05) is 24.6 Å². The summed E-state index contributed by atoms with van der Waals surface area (Å²) in [6.07, 6.45) is 17.5. The van der Waals surface area contributed by atoms with Crippen molar-refractivity contribution in [1.29, 1.82) is 0 Å². The number of rotatable bonds is 13. The summed E-state index contributed by atoms with van der Waals surface area (Å²) in [5.74, 6) is -1.87. The second-order valence-electron chi connectivity index (χ2n) is 6.48. The van der Waals surface area contributed by atoms with Crippen LogP contribution in [0.2, 0.25) is 0 Å². The van der Waals surface area contributed by atoms with Crippen LogP contribution in [0, 0.1) is 0 Å². The standard InChI is InChI=1S/C17H38ClP/c1-5-9-10-11-12-13-17-19(18,14-6-2,15-7-3)16-8-4/h5-17H2,1-4H3. The zero-order valence-electron chi connectivity index (χ0n) is 14.0. The summed E-state index contributed by atoms with van der Waals surface area (Å²) in [4.78, 5) is 0. The van der Waals surface area contributed by atoms with Gasteiger partial charge in [0.1, 0.15) is 0 Å². The van der Waals surface area contributed by atoms with Gasteiger partial charge in [-0.25, -0.2) is 0 Å². The predicted molar refractivity (Wildman–Crippen MR) is 96.5 cm³/mol. The third kappa shape index (κ3) is 7.91. The van der Waals surface area contributed by atoms with E-state index in [9.17, 15) is 0 Å². The molecule has 0 unspecified atom stereocenters. The molecule has 0 aromatic rings. The maximum atomic E-state index is 7.37. The van der Waals surface area contributed by atoms with Gasteiger partial charge >= 0.3 is 127 Å². The van der Waals surface area contributed by atoms with Gasteiger partial charge in [0.15, 0.2) is 0 Å². The molecule has 0 aliphatic heterocycles. The second kappa shape index (κ2) is 10.4. The molecule has 0 nitrogen and oxygen atoms in total. The van der Waals surface area contributed by atoms with E-state index in [-0.39, 0.29) is 0 Å². The van der Waals surface area contributed by atoms with Crippen molar-refractivity contribution >= 4 is 17.2 Å². The molecule has 0 atom stereocenters. The van der Waals surface area contributed by atoms with Gasteiger partial charge in [0.05, 0.1) is 0 Å². The molecule has 0 radical (unpaired) electrons. The molecule has 0 aliphatic rings. The van der Waals surface area contributed by atoms with Crippen molar-refractivity contribution < 1.29 is 0 Å². The van der Waals surface area contributed by atoms with Gasteiger partial charge in [-0.2, -0.15) is 0 Å². The van der Waals surface area contributed by atoms with Crippen molar-refractivity contribution in [3.63, 3.8) is 0 Å². The molecule has 118 valence electrons. The third-order valence-corrected chi connectivity index (χ3v) is 12.6. The zero-order valence-corrected chi connectivity index (χ0v) is 15.7. The SMILES string of the molecule is CCCCCCCCP(Cl)(CCC)(CCC)CCC. The Balaban J connectivity index is 4.32. The minimum absolute atomic E-state index is 1.27. The van der Waals surface area contributed by atoms with Gasteiger partial charge in [-0.15, -0.1) is 0 Å². The Hall–Kier alpha value is 0.720. The van der Waals surface area contributed by atoms with Crippen LogP contribution in [0.4, 0.5) is 0 Å². The summed E-state index contributed by atoms with van der Waals surface area (Å²) in [6, 6.07) is 0. The van der Waals surface area contributed by atoms with E-state index in [4.69, 9.17) is 11.2 Å². The summed E-state index contributed by atoms with van der Waals surface area (Å²) < 4.78 is 0. The molecule has 0 aliphatic carbocycles. The molecule has 0 rings (SSSR count). The molecule has 0 saturated heterocycles. The molecule has 19 heavy (non-hydrogen) atoms. The maximum absolute atomic E-state index is 7.37. The summed E-state index contributed by atoms with van der Waals surface area (Å²) in [6.45, 7) is 9.23. The van der Waals surface area contributed by atoms with Gasteiger partial charge in [0.2, 0.25) is 0 Å². The van der Waals surface area contributed by atoms with Crippen LogP contribution < -0.4 is 0 Å². The van der Waals surface area contributed by atoms with Crippen molar-refractivity contribution in [1.82, 2.24) is 0 Å². The van der Waals surface area contributed by atoms with Crippen molar-refractivity contribution in [3.05, 3.63) is 0 Å². The van der Waals surface area contributed by atoms with E-state index in [0.717, 1.165) is 0 Å². The minimum atomic E-state index is -1.87. The number of unbranched alkanes of at least 4 members (excludes halogenated alkanes) is 5. The van der Waals surface area contributed by atoms with Crippen LogP contribution >= 0.6 is 17.2 Å². The van der Waals surface area contributed by atoms with Gasteiger partial charge in [-0.1, -0.05) is 0 Å². The summed E-state index contributed by atoms with van der Waals surface area (Å²) >= 11 is 7.37. The first kappa shape index (κ1) is 19.7. The van der Waals surface area contributed by atoms with Crippen LogP contribution in [0.3, 0.4) is 0 Å². The third-order valence-electron chi connectivity index (χ3n) is 4.42. The first-order valence-corrected chi connectivity index (χ1v) is 12.6. The molecule has 0 aromatic carbocycles. The summed E-state index contributed by atoms with van der Waals surface area (Å²) in [7, 11) is 0. The Labute approximate surface area is 127 Å². The number of hydrogen-bond donors (Lipinski definition) is 0. The molecular weight excluding hydrogens is 271 g/mol. The van der Waals surface area contributed by atoms with Crippen LogP contribution in [0.1, 0.15) is 85.5 Å². The van der Waals surface area contributed by atoms with Crippen LogP contribution in [-0.4, -0.2) is 24.6 Å².